The van der Waals surface area contributed by atoms with Crippen LogP contribution < -0.4 is 5.73 Å². The van der Waals surface area contributed by atoms with Crippen LogP contribution in [0.4, 0.5) is 0 Å². The SMILES string of the molecule is CN(C)C=O.NCC(=O)N1CCC(CN2CCCC2)CC1. The van der Waals surface area contributed by atoms with Crippen molar-refractivity contribution in [3.05, 3.63) is 0 Å². The number of likely N-dealkylation sites (tertiary alicyclic amines) is 2. The number of amides is 2. The number of hydrogen-bond acceptors (Lipinski definition) is 4. The molecule has 0 radical (unpaired) electrons. The van der Waals surface area contributed by atoms with Gasteiger partial charge in [0.05, 0.1) is 6.54 Å². The number of hydrogen-bond donors (Lipinski definition) is 1. The number of nitrogens with zero attached hydrogens (tertiary/aromatic N) is 3. The maximum absolute atomic E-state index is 11.4. The summed E-state index contributed by atoms with van der Waals surface area (Å²) in [5.74, 6) is 0.902. The van der Waals surface area contributed by atoms with E-state index in [4.69, 9.17) is 5.73 Å². The summed E-state index contributed by atoms with van der Waals surface area (Å²) in [4.78, 5) is 26.8. The number of rotatable bonds is 4. The van der Waals surface area contributed by atoms with E-state index in [0.29, 0.717) is 0 Å². The van der Waals surface area contributed by atoms with Crippen molar-refractivity contribution in [3.63, 3.8) is 0 Å². The first-order chi connectivity index (χ1) is 10.1. The lowest BCUT2D eigenvalue weighted by atomic mass is 9.96. The van der Waals surface area contributed by atoms with Crippen molar-refractivity contribution in [2.24, 2.45) is 11.7 Å². The molecule has 0 saturated carbocycles. The highest BCUT2D eigenvalue weighted by Gasteiger charge is 2.24. The predicted molar refractivity (Wildman–Crippen MR) is 83.8 cm³/mol. The largest absolute Gasteiger partial charge is 0.351 e. The lowest BCUT2D eigenvalue weighted by Gasteiger charge is -2.33. The third-order valence-electron chi connectivity index (χ3n) is 4.07. The minimum atomic E-state index is 0.111. The Hall–Kier alpha value is -1.14. The van der Waals surface area contributed by atoms with E-state index in [9.17, 15) is 9.59 Å². The molecule has 0 aromatic heterocycles. The molecule has 0 spiro atoms. The van der Waals surface area contributed by atoms with Gasteiger partial charge in [0.2, 0.25) is 12.3 Å². The molecule has 2 aliphatic heterocycles. The monoisotopic (exact) mass is 298 g/mol. The standard InChI is InChI=1S/C12H23N3O.C3H7NO/c13-9-12(16)15-7-3-11(4-8-15)10-14-5-1-2-6-14;1-4(2)3-5/h11H,1-10,13H2;3H,1-2H3. The third kappa shape index (κ3) is 6.91. The summed E-state index contributed by atoms with van der Waals surface area (Å²) < 4.78 is 0. The zero-order valence-electron chi connectivity index (χ0n) is 13.5. The van der Waals surface area contributed by atoms with Gasteiger partial charge in [0.25, 0.3) is 0 Å². The van der Waals surface area contributed by atoms with Crippen LogP contribution in [0.15, 0.2) is 0 Å². The van der Waals surface area contributed by atoms with Crippen molar-refractivity contribution < 1.29 is 9.59 Å². The van der Waals surface area contributed by atoms with Crippen molar-refractivity contribution in [3.8, 4) is 0 Å². The Kier molecular flexibility index (Phi) is 8.30. The van der Waals surface area contributed by atoms with Crippen molar-refractivity contribution in [1.29, 1.82) is 0 Å². The van der Waals surface area contributed by atoms with Gasteiger partial charge in [0.15, 0.2) is 0 Å². The van der Waals surface area contributed by atoms with Crippen LogP contribution in [-0.4, -0.2) is 80.4 Å². The van der Waals surface area contributed by atoms with Crippen LogP contribution in [0.25, 0.3) is 0 Å². The third-order valence-corrected chi connectivity index (χ3v) is 4.07. The zero-order valence-corrected chi connectivity index (χ0v) is 13.5. The molecule has 0 atom stereocenters. The molecule has 2 amide bonds. The van der Waals surface area contributed by atoms with Crippen LogP contribution in [0.3, 0.4) is 0 Å². The summed E-state index contributed by atoms with van der Waals surface area (Å²) in [6.07, 6.45) is 5.79. The summed E-state index contributed by atoms with van der Waals surface area (Å²) in [6.45, 7) is 5.79. The Morgan fingerprint density at radius 1 is 1.19 bits per heavy atom. The van der Waals surface area contributed by atoms with E-state index in [1.165, 1.54) is 37.4 Å². The zero-order chi connectivity index (χ0) is 15.7. The number of nitrogens with two attached hydrogens (primary N) is 1. The molecule has 21 heavy (non-hydrogen) atoms. The topological polar surface area (TPSA) is 69.9 Å². The van der Waals surface area contributed by atoms with Crippen molar-refractivity contribution in [1.82, 2.24) is 14.7 Å². The van der Waals surface area contributed by atoms with Gasteiger partial charge >= 0.3 is 0 Å². The Morgan fingerprint density at radius 2 is 1.71 bits per heavy atom. The van der Waals surface area contributed by atoms with Gasteiger partial charge in [-0.15, -0.1) is 0 Å². The fraction of sp³-hybridized carbons (Fsp3) is 0.867. The molecule has 2 saturated heterocycles. The van der Waals surface area contributed by atoms with E-state index in [0.717, 1.165) is 38.3 Å². The first-order valence-electron chi connectivity index (χ1n) is 7.88. The van der Waals surface area contributed by atoms with E-state index in [1.54, 1.807) is 14.1 Å². The van der Waals surface area contributed by atoms with Crippen molar-refractivity contribution >= 4 is 12.3 Å². The van der Waals surface area contributed by atoms with Gasteiger partial charge in [0.1, 0.15) is 0 Å². The smallest absolute Gasteiger partial charge is 0.236 e. The molecule has 122 valence electrons. The Labute approximate surface area is 128 Å². The summed E-state index contributed by atoms with van der Waals surface area (Å²) in [5, 5.41) is 0. The van der Waals surface area contributed by atoms with Crippen molar-refractivity contribution in [2.45, 2.75) is 25.7 Å². The lowest BCUT2D eigenvalue weighted by molar-refractivity contribution is -0.131. The molecule has 2 fully saturated rings. The maximum atomic E-state index is 11.4. The molecule has 0 bridgehead atoms. The Bertz CT molecular complexity index is 309. The maximum Gasteiger partial charge on any atom is 0.236 e. The molecule has 2 N–H and O–H groups in total. The summed E-state index contributed by atoms with van der Waals surface area (Å²) in [6, 6.07) is 0. The number of piperidine rings is 1. The van der Waals surface area contributed by atoms with E-state index in [-0.39, 0.29) is 12.5 Å². The fourth-order valence-corrected chi connectivity index (χ4v) is 2.82. The van der Waals surface area contributed by atoms with Gasteiger partial charge in [-0.2, -0.15) is 0 Å². The highest BCUT2D eigenvalue weighted by Crippen LogP contribution is 2.20. The van der Waals surface area contributed by atoms with Gasteiger partial charge in [0, 0.05) is 33.7 Å². The molecule has 0 unspecified atom stereocenters. The Morgan fingerprint density at radius 3 is 2.14 bits per heavy atom. The first-order valence-corrected chi connectivity index (χ1v) is 7.88. The lowest BCUT2D eigenvalue weighted by Crippen LogP contribution is -2.43. The highest BCUT2D eigenvalue weighted by molar-refractivity contribution is 5.78. The van der Waals surface area contributed by atoms with E-state index < -0.39 is 0 Å². The van der Waals surface area contributed by atoms with Crippen molar-refractivity contribution in [2.75, 3.05) is 53.4 Å². The average molecular weight is 298 g/mol. The second-order valence-electron chi connectivity index (χ2n) is 6.11. The quantitative estimate of drug-likeness (QED) is 0.741. The highest BCUT2D eigenvalue weighted by atomic mass is 16.2. The van der Waals surface area contributed by atoms with Gasteiger partial charge in [-0.05, 0) is 44.7 Å². The molecule has 0 aromatic rings. The molecular weight excluding hydrogens is 268 g/mol. The van der Waals surface area contributed by atoms with E-state index in [1.807, 2.05) is 4.90 Å². The Balaban J connectivity index is 0.000000383. The molecule has 0 aliphatic carbocycles. The molecule has 6 heteroatoms. The second-order valence-corrected chi connectivity index (χ2v) is 6.11. The normalized spacial score (nSPS) is 19.9. The molecular formula is C15H30N4O2. The van der Waals surface area contributed by atoms with Crippen LogP contribution in [0.5, 0.6) is 0 Å². The van der Waals surface area contributed by atoms with Crippen LogP contribution in [0.2, 0.25) is 0 Å². The summed E-state index contributed by atoms with van der Waals surface area (Å²) in [5.41, 5.74) is 5.37. The number of carbonyl (C=O) groups excluding carboxylic acids is 2. The van der Waals surface area contributed by atoms with Gasteiger partial charge in [-0.25, -0.2) is 0 Å². The van der Waals surface area contributed by atoms with E-state index >= 15 is 0 Å². The van der Waals surface area contributed by atoms with Crippen LogP contribution in [0, 0.1) is 5.92 Å². The first kappa shape index (κ1) is 17.9. The van der Waals surface area contributed by atoms with E-state index in [2.05, 4.69) is 4.90 Å². The minimum Gasteiger partial charge on any atom is -0.351 e. The second kappa shape index (κ2) is 9.73. The van der Waals surface area contributed by atoms with Crippen LogP contribution >= 0.6 is 0 Å². The fourth-order valence-electron chi connectivity index (χ4n) is 2.82. The molecule has 2 heterocycles. The van der Waals surface area contributed by atoms with Gasteiger partial charge in [-0.3, -0.25) is 9.59 Å². The minimum absolute atomic E-state index is 0.111. The summed E-state index contributed by atoms with van der Waals surface area (Å²) in [7, 11) is 3.38. The molecule has 2 aliphatic rings. The molecule has 0 aromatic carbocycles. The van der Waals surface area contributed by atoms with Crippen LogP contribution in [0.1, 0.15) is 25.7 Å². The molecule has 2 rings (SSSR count). The molecule has 6 nitrogen and oxygen atoms in total. The van der Waals surface area contributed by atoms with Crippen LogP contribution in [-0.2, 0) is 9.59 Å². The van der Waals surface area contributed by atoms with Gasteiger partial charge in [-0.1, -0.05) is 0 Å². The summed E-state index contributed by atoms with van der Waals surface area (Å²) >= 11 is 0. The number of carbonyl (C=O) groups is 2. The predicted octanol–water partition coefficient (Wildman–Crippen LogP) is -0.0161. The van der Waals surface area contributed by atoms with Gasteiger partial charge < -0.3 is 20.4 Å². The average Bonchev–Trinajstić information content (AvgIpc) is 3.00.